The van der Waals surface area contributed by atoms with Gasteiger partial charge in [-0.2, -0.15) is 0 Å². The van der Waals surface area contributed by atoms with Crippen molar-refractivity contribution in [1.82, 2.24) is 5.16 Å². The molecule has 3 rings (SSSR count). The zero-order valence-electron chi connectivity index (χ0n) is 9.29. The zero-order valence-corrected chi connectivity index (χ0v) is 9.29. The molecule has 1 aliphatic heterocycles. The van der Waals surface area contributed by atoms with Gasteiger partial charge in [0.05, 0.1) is 11.8 Å². The van der Waals surface area contributed by atoms with Gasteiger partial charge in [0, 0.05) is 11.6 Å². The highest BCUT2D eigenvalue weighted by Crippen LogP contribution is 2.37. The lowest BCUT2D eigenvalue weighted by Gasteiger charge is -2.08. The Morgan fingerprint density at radius 3 is 2.89 bits per heavy atom. The first-order chi connectivity index (χ1) is 8.86. The molecular formula is C12H9NO5. The van der Waals surface area contributed by atoms with Gasteiger partial charge < -0.3 is 18.7 Å². The average molecular weight is 247 g/mol. The molecule has 92 valence electrons. The third-order valence-electron chi connectivity index (χ3n) is 2.51. The highest BCUT2D eigenvalue weighted by atomic mass is 16.7. The fourth-order valence-corrected chi connectivity index (χ4v) is 1.62. The highest BCUT2D eigenvalue weighted by molar-refractivity contribution is 5.81. The van der Waals surface area contributed by atoms with Crippen molar-refractivity contribution in [3.05, 3.63) is 35.7 Å². The number of hydrogen-bond acceptors (Lipinski definition) is 6. The van der Waals surface area contributed by atoms with Crippen molar-refractivity contribution in [2.24, 2.45) is 0 Å². The van der Waals surface area contributed by atoms with E-state index in [1.54, 1.807) is 18.3 Å². The Morgan fingerprint density at radius 1 is 1.33 bits per heavy atom. The number of ether oxygens (including phenoxy) is 3. The normalized spacial score (nSPS) is 12.4. The van der Waals surface area contributed by atoms with Crippen LogP contribution in [0.2, 0.25) is 0 Å². The maximum atomic E-state index is 11.0. The topological polar surface area (TPSA) is 70.8 Å². The van der Waals surface area contributed by atoms with Gasteiger partial charge in [-0.15, -0.1) is 0 Å². The number of carbonyl (C=O) groups is 1. The maximum Gasteiger partial charge on any atom is 0.231 e. The van der Waals surface area contributed by atoms with Crippen LogP contribution in [0.4, 0.5) is 0 Å². The summed E-state index contributed by atoms with van der Waals surface area (Å²) in [5.41, 5.74) is 1.19. The molecule has 0 radical (unpaired) electrons. The number of benzene rings is 1. The molecule has 0 amide bonds. The van der Waals surface area contributed by atoms with E-state index in [4.69, 9.17) is 14.2 Å². The van der Waals surface area contributed by atoms with Crippen molar-refractivity contribution in [2.45, 2.75) is 6.61 Å². The second-order valence-corrected chi connectivity index (χ2v) is 3.68. The average Bonchev–Trinajstić information content (AvgIpc) is 3.05. The number of fused-ring (bicyclic) bond motifs is 1. The Labute approximate surface area is 102 Å². The molecule has 0 N–H and O–H groups in total. The second kappa shape index (κ2) is 4.40. The van der Waals surface area contributed by atoms with Gasteiger partial charge in [-0.3, -0.25) is 4.79 Å². The molecule has 2 aromatic rings. The van der Waals surface area contributed by atoms with Crippen LogP contribution in [-0.2, 0) is 6.61 Å². The third kappa shape index (κ3) is 1.88. The van der Waals surface area contributed by atoms with E-state index in [0.29, 0.717) is 29.1 Å². The Morgan fingerprint density at radius 2 is 2.17 bits per heavy atom. The van der Waals surface area contributed by atoms with E-state index in [1.165, 1.54) is 6.26 Å². The number of aldehydes is 1. The molecule has 0 atom stereocenters. The summed E-state index contributed by atoms with van der Waals surface area (Å²) in [6.07, 6.45) is 3.74. The summed E-state index contributed by atoms with van der Waals surface area (Å²) in [7, 11) is 0. The summed E-state index contributed by atoms with van der Waals surface area (Å²) in [6.45, 7) is 0.423. The lowest BCUT2D eigenvalue weighted by atomic mass is 10.2. The Bertz CT molecular complexity index is 564. The number of aromatic nitrogens is 1. The molecule has 6 heteroatoms. The molecule has 0 spiro atoms. The SMILES string of the molecule is O=Cc1cc2c(cc1OCc1cnoc1)OCO2. The largest absolute Gasteiger partial charge is 0.488 e. The van der Waals surface area contributed by atoms with E-state index >= 15 is 0 Å². The standard InChI is InChI=1S/C12H9NO5/c14-4-9-1-11-12(17-7-16-11)2-10(9)15-5-8-3-13-18-6-8/h1-4,6H,5,7H2. The fourth-order valence-electron chi connectivity index (χ4n) is 1.62. The van der Waals surface area contributed by atoms with Crippen molar-refractivity contribution >= 4 is 6.29 Å². The summed E-state index contributed by atoms with van der Waals surface area (Å²) in [4.78, 5) is 11.0. The number of nitrogens with zero attached hydrogens (tertiary/aromatic N) is 1. The Hall–Kier alpha value is -2.50. The minimum absolute atomic E-state index is 0.155. The summed E-state index contributed by atoms with van der Waals surface area (Å²) >= 11 is 0. The first kappa shape index (κ1) is 10.6. The second-order valence-electron chi connectivity index (χ2n) is 3.68. The molecule has 1 aromatic heterocycles. The molecule has 1 aromatic carbocycles. The van der Waals surface area contributed by atoms with Crippen LogP contribution in [0.1, 0.15) is 15.9 Å². The van der Waals surface area contributed by atoms with E-state index in [1.807, 2.05) is 0 Å². The van der Waals surface area contributed by atoms with Crippen LogP contribution in [0.3, 0.4) is 0 Å². The number of carbonyl (C=O) groups excluding carboxylic acids is 1. The molecule has 0 saturated heterocycles. The number of hydrogen-bond donors (Lipinski definition) is 0. The van der Waals surface area contributed by atoms with Crippen molar-refractivity contribution < 1.29 is 23.5 Å². The minimum Gasteiger partial charge on any atom is -0.488 e. The van der Waals surface area contributed by atoms with Gasteiger partial charge in [-0.1, -0.05) is 5.16 Å². The quantitative estimate of drug-likeness (QED) is 0.767. The summed E-state index contributed by atoms with van der Waals surface area (Å²) in [5.74, 6) is 1.56. The molecule has 0 fully saturated rings. The predicted octanol–water partition coefficient (Wildman–Crippen LogP) is 1.79. The fraction of sp³-hybridized carbons (Fsp3) is 0.167. The molecular weight excluding hydrogens is 238 g/mol. The van der Waals surface area contributed by atoms with E-state index in [2.05, 4.69) is 9.68 Å². The van der Waals surface area contributed by atoms with Crippen LogP contribution in [0.15, 0.2) is 29.1 Å². The minimum atomic E-state index is 0.155. The van der Waals surface area contributed by atoms with E-state index in [-0.39, 0.29) is 13.4 Å². The highest BCUT2D eigenvalue weighted by Gasteiger charge is 2.18. The smallest absolute Gasteiger partial charge is 0.231 e. The van der Waals surface area contributed by atoms with Crippen LogP contribution in [0.5, 0.6) is 17.2 Å². The van der Waals surface area contributed by atoms with Crippen molar-refractivity contribution in [1.29, 1.82) is 0 Å². The van der Waals surface area contributed by atoms with Crippen LogP contribution in [-0.4, -0.2) is 18.2 Å². The monoisotopic (exact) mass is 247 g/mol. The van der Waals surface area contributed by atoms with E-state index in [9.17, 15) is 4.79 Å². The van der Waals surface area contributed by atoms with Gasteiger partial charge in [0.2, 0.25) is 6.79 Å². The van der Waals surface area contributed by atoms with Gasteiger partial charge in [-0.05, 0) is 6.07 Å². The first-order valence-electron chi connectivity index (χ1n) is 5.26. The van der Waals surface area contributed by atoms with Crippen LogP contribution < -0.4 is 14.2 Å². The van der Waals surface area contributed by atoms with Gasteiger partial charge >= 0.3 is 0 Å². The van der Waals surface area contributed by atoms with Crippen LogP contribution in [0.25, 0.3) is 0 Å². The predicted molar refractivity (Wildman–Crippen MR) is 58.8 cm³/mol. The maximum absolute atomic E-state index is 11.0. The molecule has 6 nitrogen and oxygen atoms in total. The van der Waals surface area contributed by atoms with E-state index in [0.717, 1.165) is 5.56 Å². The lowest BCUT2D eigenvalue weighted by molar-refractivity contribution is 0.111. The molecule has 0 aliphatic carbocycles. The van der Waals surface area contributed by atoms with Gasteiger partial charge in [0.1, 0.15) is 18.6 Å². The molecule has 1 aliphatic rings. The molecule has 2 heterocycles. The third-order valence-corrected chi connectivity index (χ3v) is 2.51. The van der Waals surface area contributed by atoms with Gasteiger partial charge in [0.15, 0.2) is 17.8 Å². The zero-order chi connectivity index (χ0) is 12.4. The van der Waals surface area contributed by atoms with Crippen molar-refractivity contribution in [3.63, 3.8) is 0 Å². The van der Waals surface area contributed by atoms with Crippen molar-refractivity contribution in [2.75, 3.05) is 6.79 Å². The molecule has 0 bridgehead atoms. The number of rotatable bonds is 4. The van der Waals surface area contributed by atoms with Gasteiger partial charge in [0.25, 0.3) is 0 Å². The van der Waals surface area contributed by atoms with Crippen LogP contribution >= 0.6 is 0 Å². The lowest BCUT2D eigenvalue weighted by Crippen LogP contribution is -1.97. The van der Waals surface area contributed by atoms with Crippen molar-refractivity contribution in [3.8, 4) is 17.2 Å². The Kier molecular flexibility index (Phi) is 2.60. The van der Waals surface area contributed by atoms with Crippen LogP contribution in [0, 0.1) is 0 Å². The molecule has 0 saturated carbocycles. The summed E-state index contributed by atoms with van der Waals surface area (Å²) < 4.78 is 20.6. The van der Waals surface area contributed by atoms with E-state index < -0.39 is 0 Å². The summed E-state index contributed by atoms with van der Waals surface area (Å²) in [5, 5.41) is 3.57. The van der Waals surface area contributed by atoms with Gasteiger partial charge in [-0.25, -0.2) is 0 Å². The summed E-state index contributed by atoms with van der Waals surface area (Å²) in [6, 6.07) is 3.23. The molecule has 0 unspecified atom stereocenters. The molecule has 18 heavy (non-hydrogen) atoms. The first-order valence-corrected chi connectivity index (χ1v) is 5.26. The Balaban J connectivity index is 1.84.